The lowest BCUT2D eigenvalue weighted by atomic mass is 9.85. The van der Waals surface area contributed by atoms with Crippen LogP contribution in [-0.2, 0) is 5.41 Å². The van der Waals surface area contributed by atoms with Gasteiger partial charge in [0.25, 0.3) is 0 Å². The Hall–Kier alpha value is -1.70. The monoisotopic (exact) mass is 216 g/mol. The van der Waals surface area contributed by atoms with Crippen molar-refractivity contribution in [2.45, 2.75) is 26.2 Å². The Morgan fingerprint density at radius 1 is 0.875 bits per heavy atom. The number of fused-ring (bicyclic) bond motifs is 1. The molecule has 2 aromatic carbocycles. The highest BCUT2D eigenvalue weighted by Crippen LogP contribution is 2.34. The van der Waals surface area contributed by atoms with Crippen LogP contribution in [0.5, 0.6) is 11.5 Å². The molecule has 0 aromatic heterocycles. The van der Waals surface area contributed by atoms with E-state index in [1.807, 2.05) is 6.07 Å². The fourth-order valence-electron chi connectivity index (χ4n) is 1.87. The van der Waals surface area contributed by atoms with Crippen LogP contribution in [0.2, 0.25) is 0 Å². The van der Waals surface area contributed by atoms with E-state index >= 15 is 0 Å². The van der Waals surface area contributed by atoms with Crippen LogP contribution in [0.1, 0.15) is 26.3 Å². The van der Waals surface area contributed by atoms with Gasteiger partial charge >= 0.3 is 0 Å². The van der Waals surface area contributed by atoms with Gasteiger partial charge in [-0.05, 0) is 46.0 Å². The fraction of sp³-hybridized carbons (Fsp3) is 0.286. The van der Waals surface area contributed by atoms with Gasteiger partial charge in [0.05, 0.1) is 0 Å². The highest BCUT2D eigenvalue weighted by Gasteiger charge is 2.18. The second-order valence-corrected chi connectivity index (χ2v) is 5.15. The van der Waals surface area contributed by atoms with Crippen molar-refractivity contribution in [3.05, 3.63) is 35.9 Å². The van der Waals surface area contributed by atoms with E-state index in [0.717, 1.165) is 16.3 Å². The van der Waals surface area contributed by atoms with E-state index in [9.17, 15) is 10.2 Å². The predicted octanol–water partition coefficient (Wildman–Crippen LogP) is 3.55. The van der Waals surface area contributed by atoms with Gasteiger partial charge in [-0.15, -0.1) is 0 Å². The molecule has 0 spiro atoms. The molecule has 2 nitrogen and oxygen atoms in total. The fourth-order valence-corrected chi connectivity index (χ4v) is 1.87. The summed E-state index contributed by atoms with van der Waals surface area (Å²) in [5.41, 5.74) is 0.787. The van der Waals surface area contributed by atoms with Crippen molar-refractivity contribution in [2.24, 2.45) is 0 Å². The summed E-state index contributed by atoms with van der Waals surface area (Å²) in [6.45, 7) is 6.16. The Bertz CT molecular complexity index is 536. The van der Waals surface area contributed by atoms with Crippen LogP contribution in [0.3, 0.4) is 0 Å². The maximum absolute atomic E-state index is 9.95. The third-order valence-corrected chi connectivity index (χ3v) is 2.75. The lowest BCUT2D eigenvalue weighted by molar-refractivity contribution is 0.447. The number of benzene rings is 2. The van der Waals surface area contributed by atoms with Crippen molar-refractivity contribution in [3.8, 4) is 11.5 Å². The molecular weight excluding hydrogens is 200 g/mol. The van der Waals surface area contributed by atoms with Crippen LogP contribution >= 0.6 is 0 Å². The summed E-state index contributed by atoms with van der Waals surface area (Å²) in [6.07, 6.45) is 0. The van der Waals surface area contributed by atoms with E-state index in [1.54, 1.807) is 24.3 Å². The molecule has 2 N–H and O–H groups in total. The molecule has 0 aliphatic rings. The minimum atomic E-state index is -0.107. The Labute approximate surface area is 95.2 Å². The van der Waals surface area contributed by atoms with Gasteiger partial charge in [-0.1, -0.05) is 26.8 Å². The van der Waals surface area contributed by atoms with Crippen LogP contribution < -0.4 is 0 Å². The highest BCUT2D eigenvalue weighted by atomic mass is 16.3. The molecule has 84 valence electrons. The zero-order valence-electron chi connectivity index (χ0n) is 9.78. The Morgan fingerprint density at radius 3 is 2.19 bits per heavy atom. The first kappa shape index (κ1) is 10.8. The normalized spacial score (nSPS) is 11.9. The van der Waals surface area contributed by atoms with E-state index < -0.39 is 0 Å². The van der Waals surface area contributed by atoms with E-state index in [1.165, 1.54) is 0 Å². The van der Waals surface area contributed by atoms with E-state index in [0.29, 0.717) is 5.75 Å². The quantitative estimate of drug-likeness (QED) is 0.707. The van der Waals surface area contributed by atoms with Gasteiger partial charge in [0.1, 0.15) is 11.5 Å². The first-order chi connectivity index (χ1) is 7.38. The molecule has 0 heterocycles. The van der Waals surface area contributed by atoms with Crippen molar-refractivity contribution in [3.63, 3.8) is 0 Å². The molecule has 0 saturated carbocycles. The first-order valence-corrected chi connectivity index (χ1v) is 5.34. The minimum absolute atomic E-state index is 0.107. The molecule has 2 aromatic rings. The van der Waals surface area contributed by atoms with Gasteiger partial charge < -0.3 is 10.2 Å². The summed E-state index contributed by atoms with van der Waals surface area (Å²) in [7, 11) is 0. The molecule has 0 aliphatic carbocycles. The standard InChI is InChI=1S/C14H16O2/c1-14(2,3)12-7-10-6-11(15)5-4-9(10)8-13(12)16/h4-8,15-16H,1-3H3. The van der Waals surface area contributed by atoms with Crippen LogP contribution in [0.4, 0.5) is 0 Å². The van der Waals surface area contributed by atoms with Crippen LogP contribution in [-0.4, -0.2) is 10.2 Å². The van der Waals surface area contributed by atoms with Gasteiger partial charge in [-0.25, -0.2) is 0 Å². The van der Waals surface area contributed by atoms with Gasteiger partial charge in [0.15, 0.2) is 0 Å². The van der Waals surface area contributed by atoms with Gasteiger partial charge in [0.2, 0.25) is 0 Å². The third-order valence-electron chi connectivity index (χ3n) is 2.75. The van der Waals surface area contributed by atoms with Gasteiger partial charge in [-0.2, -0.15) is 0 Å². The lowest BCUT2D eigenvalue weighted by Crippen LogP contribution is -2.11. The number of aromatic hydroxyl groups is 2. The number of rotatable bonds is 0. The summed E-state index contributed by atoms with van der Waals surface area (Å²) >= 11 is 0. The van der Waals surface area contributed by atoms with Crippen molar-refractivity contribution in [1.29, 1.82) is 0 Å². The summed E-state index contributed by atoms with van der Waals surface area (Å²) in [4.78, 5) is 0. The summed E-state index contributed by atoms with van der Waals surface area (Å²) in [6, 6.07) is 8.82. The topological polar surface area (TPSA) is 40.5 Å². The zero-order valence-corrected chi connectivity index (χ0v) is 9.78. The second kappa shape index (κ2) is 3.41. The van der Waals surface area contributed by atoms with Crippen LogP contribution in [0.15, 0.2) is 30.3 Å². The van der Waals surface area contributed by atoms with Crippen molar-refractivity contribution >= 4 is 10.8 Å². The van der Waals surface area contributed by atoms with E-state index in [2.05, 4.69) is 20.8 Å². The summed E-state index contributed by atoms with van der Waals surface area (Å²) in [5, 5.41) is 21.3. The first-order valence-electron chi connectivity index (χ1n) is 5.34. The molecule has 2 rings (SSSR count). The summed E-state index contributed by atoms with van der Waals surface area (Å²) in [5.74, 6) is 0.559. The van der Waals surface area contributed by atoms with E-state index in [-0.39, 0.29) is 11.2 Å². The Morgan fingerprint density at radius 2 is 1.56 bits per heavy atom. The second-order valence-electron chi connectivity index (χ2n) is 5.15. The molecular formula is C14H16O2. The Kier molecular flexibility index (Phi) is 2.30. The van der Waals surface area contributed by atoms with Crippen molar-refractivity contribution in [1.82, 2.24) is 0 Å². The maximum atomic E-state index is 9.95. The van der Waals surface area contributed by atoms with Crippen molar-refractivity contribution in [2.75, 3.05) is 0 Å². The minimum Gasteiger partial charge on any atom is -0.508 e. The molecule has 0 fully saturated rings. The Balaban J connectivity index is 2.74. The smallest absolute Gasteiger partial charge is 0.119 e. The average Bonchev–Trinajstić information content (AvgIpc) is 2.16. The maximum Gasteiger partial charge on any atom is 0.119 e. The zero-order chi connectivity index (χ0) is 11.9. The summed E-state index contributed by atoms with van der Waals surface area (Å²) < 4.78 is 0. The molecule has 0 bridgehead atoms. The number of hydrogen-bond donors (Lipinski definition) is 2. The molecule has 16 heavy (non-hydrogen) atoms. The number of phenolic OH excluding ortho intramolecular Hbond substituents is 2. The third kappa shape index (κ3) is 1.83. The molecule has 0 aliphatic heterocycles. The number of hydrogen-bond acceptors (Lipinski definition) is 2. The highest BCUT2D eigenvalue weighted by molar-refractivity contribution is 5.86. The molecule has 0 amide bonds. The number of phenols is 2. The molecule has 0 unspecified atom stereocenters. The SMILES string of the molecule is CC(C)(C)c1cc2cc(O)ccc2cc1O. The molecule has 2 heteroatoms. The largest absolute Gasteiger partial charge is 0.508 e. The van der Waals surface area contributed by atoms with Gasteiger partial charge in [-0.3, -0.25) is 0 Å². The molecule has 0 atom stereocenters. The van der Waals surface area contributed by atoms with Crippen molar-refractivity contribution < 1.29 is 10.2 Å². The average molecular weight is 216 g/mol. The lowest BCUT2D eigenvalue weighted by Gasteiger charge is -2.21. The molecule has 0 radical (unpaired) electrons. The van der Waals surface area contributed by atoms with E-state index in [4.69, 9.17) is 0 Å². The van der Waals surface area contributed by atoms with Crippen LogP contribution in [0, 0.1) is 0 Å². The van der Waals surface area contributed by atoms with Crippen LogP contribution in [0.25, 0.3) is 10.8 Å². The predicted molar refractivity (Wildman–Crippen MR) is 66.0 cm³/mol. The molecule has 0 saturated heterocycles. The van der Waals surface area contributed by atoms with Gasteiger partial charge in [0, 0.05) is 0 Å².